The van der Waals surface area contributed by atoms with Crippen molar-refractivity contribution in [3.05, 3.63) is 0 Å². The molecule has 0 aliphatic heterocycles. The molecule has 0 aromatic heterocycles. The summed E-state index contributed by atoms with van der Waals surface area (Å²) in [6, 6.07) is 0. The predicted octanol–water partition coefficient (Wildman–Crippen LogP) is 6.59. The molecule has 0 aromatic rings. The van der Waals surface area contributed by atoms with Crippen molar-refractivity contribution >= 4 is 24.2 Å². The van der Waals surface area contributed by atoms with E-state index in [4.69, 9.17) is 0 Å². The molecule has 1 nitrogen and oxygen atoms in total. The summed E-state index contributed by atoms with van der Waals surface area (Å²) in [5.41, 5.74) is 0. The molecule has 0 aliphatic carbocycles. The van der Waals surface area contributed by atoms with Gasteiger partial charge in [0.05, 0.1) is 0 Å². The number of carbonyl (C=O) groups is 1. The molecule has 0 radical (unpaired) electrons. The van der Waals surface area contributed by atoms with Crippen molar-refractivity contribution in [1.29, 1.82) is 0 Å². The molecule has 0 heterocycles. The van der Waals surface area contributed by atoms with Crippen LogP contribution in [0.5, 0.6) is 0 Å². The second-order valence-electron chi connectivity index (χ2n) is 6.67. The van der Waals surface area contributed by atoms with E-state index in [1.165, 1.54) is 51.8 Å². The van der Waals surface area contributed by atoms with Gasteiger partial charge in [0.25, 0.3) is 0 Å². The van der Waals surface area contributed by atoms with Gasteiger partial charge >= 0.3 is 132 Å². The minimum absolute atomic E-state index is 0.503. The van der Waals surface area contributed by atoms with Crippen LogP contribution in [0.15, 0.2) is 0 Å². The second kappa shape index (κ2) is 12.1. The van der Waals surface area contributed by atoms with Crippen LogP contribution in [-0.4, -0.2) is 24.2 Å². The molecule has 0 aliphatic rings. The topological polar surface area (TPSA) is 17.1 Å². The first-order valence-electron chi connectivity index (χ1n) is 9.07. The maximum absolute atomic E-state index is 11.9. The van der Waals surface area contributed by atoms with Crippen molar-refractivity contribution in [3.63, 3.8) is 0 Å². The second-order valence-corrected chi connectivity index (χ2v) is 21.5. The number of unbranched alkanes of at least 4 members (excludes halogenated alkanes) is 3. The number of hydrogen-bond donors (Lipinski definition) is 0. The molecule has 0 spiro atoms. The molecule has 0 bridgehead atoms. The summed E-state index contributed by atoms with van der Waals surface area (Å²) in [6.45, 7) is 11.4. The van der Waals surface area contributed by atoms with Crippen molar-refractivity contribution in [3.8, 4) is 0 Å². The van der Waals surface area contributed by atoms with Crippen LogP contribution < -0.4 is 0 Å². The Morgan fingerprint density at radius 1 is 0.850 bits per heavy atom. The van der Waals surface area contributed by atoms with Gasteiger partial charge in [0.2, 0.25) is 0 Å². The first-order chi connectivity index (χ1) is 9.56. The maximum atomic E-state index is 11.9. The fourth-order valence-corrected chi connectivity index (χ4v) is 20.7. The third-order valence-electron chi connectivity index (χ3n) is 5.06. The van der Waals surface area contributed by atoms with E-state index < -0.39 is 18.4 Å². The summed E-state index contributed by atoms with van der Waals surface area (Å²) in [4.78, 5) is 11.9. The molecule has 0 saturated heterocycles. The monoisotopic (exact) mass is 390 g/mol. The fraction of sp³-hybridized carbons (Fsp3) is 0.944. The third kappa shape index (κ3) is 7.47. The van der Waals surface area contributed by atoms with E-state index in [0.717, 1.165) is 16.8 Å². The number of Topliss-reactive ketones (excluding diaryl/α,β-unsaturated/α-hetero) is 1. The van der Waals surface area contributed by atoms with Gasteiger partial charge in [0, 0.05) is 0 Å². The Labute approximate surface area is 132 Å². The van der Waals surface area contributed by atoms with Crippen LogP contribution in [0, 0.1) is 0 Å². The first-order valence-corrected chi connectivity index (χ1v) is 16.8. The Bertz CT molecular complexity index is 228. The van der Waals surface area contributed by atoms with Crippen LogP contribution in [0.3, 0.4) is 0 Å². The van der Waals surface area contributed by atoms with Gasteiger partial charge in [-0.3, -0.25) is 0 Å². The van der Waals surface area contributed by atoms with E-state index >= 15 is 0 Å². The van der Waals surface area contributed by atoms with Crippen LogP contribution >= 0.6 is 0 Å². The zero-order valence-electron chi connectivity index (χ0n) is 14.8. The van der Waals surface area contributed by atoms with Gasteiger partial charge in [0.1, 0.15) is 0 Å². The van der Waals surface area contributed by atoms with E-state index in [1.807, 2.05) is 6.92 Å². The van der Waals surface area contributed by atoms with E-state index in [1.54, 1.807) is 0 Å². The first kappa shape index (κ1) is 20.5. The molecule has 2 heteroatoms. The molecule has 0 N–H and O–H groups in total. The third-order valence-corrected chi connectivity index (χ3v) is 23.2. The van der Waals surface area contributed by atoms with Crippen LogP contribution in [0.2, 0.25) is 17.2 Å². The summed E-state index contributed by atoms with van der Waals surface area (Å²) in [5, 5.41) is 0. The average molecular weight is 389 g/mol. The summed E-state index contributed by atoms with van der Waals surface area (Å²) in [6.07, 6.45) is 9.84. The van der Waals surface area contributed by atoms with Gasteiger partial charge in [-0.1, -0.05) is 0 Å². The molecule has 20 heavy (non-hydrogen) atoms. The van der Waals surface area contributed by atoms with E-state index in [9.17, 15) is 4.79 Å². The summed E-state index contributed by atoms with van der Waals surface area (Å²) in [7, 11) is 0. The molecular formula is C18H38OSn. The van der Waals surface area contributed by atoms with Crippen molar-refractivity contribution in [2.75, 3.05) is 0 Å². The van der Waals surface area contributed by atoms with Gasteiger partial charge in [-0.2, -0.15) is 0 Å². The van der Waals surface area contributed by atoms with Crippen molar-refractivity contribution in [1.82, 2.24) is 0 Å². The standard InChI is InChI=1S/C6H11O.3C4H9.Sn/c1-3-5-6(7)4-2;3*1-3-4-2;/h3H,4-5H2,1-2H3;3*1,3-4H2,2H3;. The Balaban J connectivity index is 4.94. The zero-order chi connectivity index (χ0) is 15.4. The van der Waals surface area contributed by atoms with E-state index in [2.05, 4.69) is 27.7 Å². The molecular weight excluding hydrogens is 351 g/mol. The molecule has 0 amide bonds. The van der Waals surface area contributed by atoms with Crippen LogP contribution in [0.4, 0.5) is 0 Å². The van der Waals surface area contributed by atoms with E-state index in [0.29, 0.717) is 5.78 Å². The fourth-order valence-electron chi connectivity index (χ4n) is 3.40. The number of rotatable bonds is 13. The van der Waals surface area contributed by atoms with E-state index in [-0.39, 0.29) is 0 Å². The van der Waals surface area contributed by atoms with Crippen LogP contribution in [-0.2, 0) is 4.79 Å². The van der Waals surface area contributed by atoms with Gasteiger partial charge in [-0.15, -0.1) is 0 Å². The minimum atomic E-state index is -2.12. The van der Waals surface area contributed by atoms with Crippen molar-refractivity contribution in [2.24, 2.45) is 0 Å². The molecule has 0 rings (SSSR count). The van der Waals surface area contributed by atoms with Gasteiger partial charge < -0.3 is 0 Å². The molecule has 1 unspecified atom stereocenters. The Kier molecular flexibility index (Phi) is 12.3. The molecule has 0 aromatic carbocycles. The summed E-state index contributed by atoms with van der Waals surface area (Å²) in [5.74, 6) is 0.503. The zero-order valence-corrected chi connectivity index (χ0v) is 17.6. The Morgan fingerprint density at radius 3 is 1.55 bits per heavy atom. The van der Waals surface area contributed by atoms with Gasteiger partial charge in [0.15, 0.2) is 0 Å². The number of carbonyl (C=O) groups excluding carboxylic acids is 1. The quantitative estimate of drug-likeness (QED) is 0.325. The Hall–Kier alpha value is 0.469. The SMILES string of the molecule is CCC[CH2][Sn]([CH2]CCC)([CH2]CCC)[CH](C)CC(=O)CC. The molecule has 120 valence electrons. The predicted molar refractivity (Wildman–Crippen MR) is 94.2 cm³/mol. The molecule has 1 atom stereocenters. The van der Waals surface area contributed by atoms with Gasteiger partial charge in [-0.05, 0) is 0 Å². The average Bonchev–Trinajstić information content (AvgIpc) is 2.46. The molecule has 0 fully saturated rings. The van der Waals surface area contributed by atoms with Crippen molar-refractivity contribution < 1.29 is 4.79 Å². The summed E-state index contributed by atoms with van der Waals surface area (Å²) < 4.78 is 5.36. The van der Waals surface area contributed by atoms with Crippen LogP contribution in [0.1, 0.15) is 86.0 Å². The summed E-state index contributed by atoms with van der Waals surface area (Å²) >= 11 is -2.12. The number of hydrogen-bond acceptors (Lipinski definition) is 1. The van der Waals surface area contributed by atoms with Gasteiger partial charge in [-0.25, -0.2) is 0 Å². The molecule has 0 saturated carbocycles. The normalized spacial score (nSPS) is 13.4. The Morgan fingerprint density at radius 2 is 1.25 bits per heavy atom. The number of ketones is 1. The van der Waals surface area contributed by atoms with Crippen molar-refractivity contribution in [2.45, 2.75) is 103 Å². The van der Waals surface area contributed by atoms with Crippen LogP contribution in [0.25, 0.3) is 0 Å².